The van der Waals surface area contributed by atoms with Crippen molar-refractivity contribution in [3.8, 4) is 0 Å². The smallest absolute Gasteiger partial charge is 0.254 e. The van der Waals surface area contributed by atoms with E-state index in [1.807, 2.05) is 0 Å². The van der Waals surface area contributed by atoms with Crippen LogP contribution in [0.5, 0.6) is 0 Å². The highest BCUT2D eigenvalue weighted by atomic mass is 79.9. The van der Waals surface area contributed by atoms with Crippen LogP contribution in [-0.4, -0.2) is 27.6 Å². The number of nitrogens with zero attached hydrogens (tertiary/aromatic N) is 1. The molecule has 2 N–H and O–H groups in total. The van der Waals surface area contributed by atoms with Crippen LogP contribution in [0.4, 0.5) is 0 Å². The van der Waals surface area contributed by atoms with Crippen molar-refractivity contribution in [2.45, 2.75) is 32.4 Å². The third-order valence-corrected chi connectivity index (χ3v) is 3.12. The summed E-state index contributed by atoms with van der Waals surface area (Å²) in [5, 5.41) is 12.3. The normalized spacial score (nSPS) is 13.3. The minimum atomic E-state index is -0.674. The van der Waals surface area contributed by atoms with Crippen LogP contribution < -0.4 is 5.32 Å². The van der Waals surface area contributed by atoms with E-state index in [-0.39, 0.29) is 5.91 Å². The molecule has 1 atom stereocenters. The summed E-state index contributed by atoms with van der Waals surface area (Å²) in [4.78, 5) is 15.9. The fourth-order valence-corrected chi connectivity index (χ4v) is 1.45. The van der Waals surface area contributed by atoms with Gasteiger partial charge < -0.3 is 10.4 Å². The molecule has 1 aromatic rings. The van der Waals surface area contributed by atoms with Gasteiger partial charge in [0.1, 0.15) is 4.60 Å². The average Bonchev–Trinajstić information content (AvgIpc) is 2.17. The number of aliphatic hydroxyl groups is 1. The van der Waals surface area contributed by atoms with Gasteiger partial charge in [-0.05, 0) is 48.8 Å². The number of halogens is 1. The predicted molar refractivity (Wildman–Crippen MR) is 65.2 cm³/mol. The second-order valence-corrected chi connectivity index (χ2v) is 4.94. The molecule has 0 aliphatic rings. The van der Waals surface area contributed by atoms with Gasteiger partial charge in [-0.15, -0.1) is 0 Å². The Morgan fingerprint density at radius 2 is 2.25 bits per heavy atom. The number of pyridine rings is 1. The van der Waals surface area contributed by atoms with Gasteiger partial charge in [0.2, 0.25) is 0 Å². The summed E-state index contributed by atoms with van der Waals surface area (Å²) in [7, 11) is 0. The Kier molecular flexibility index (Phi) is 4.04. The number of carbonyl (C=O) groups excluding carboxylic acids is 1. The Bertz CT molecular complexity index is 391. The first kappa shape index (κ1) is 13.1. The number of hydrogen-bond donors (Lipinski definition) is 2. The van der Waals surface area contributed by atoms with E-state index in [9.17, 15) is 9.90 Å². The second-order valence-electron chi connectivity index (χ2n) is 4.19. The Balaban J connectivity index is 2.85. The van der Waals surface area contributed by atoms with Crippen molar-refractivity contribution >= 4 is 21.8 Å². The predicted octanol–water partition coefficient (Wildman–Crippen LogP) is 1.73. The number of nitrogens with one attached hydrogen (secondary N) is 1. The minimum Gasteiger partial charge on any atom is -0.391 e. The van der Waals surface area contributed by atoms with Gasteiger partial charge in [-0.2, -0.15) is 0 Å². The molecule has 0 spiro atoms. The molecule has 1 heterocycles. The van der Waals surface area contributed by atoms with Gasteiger partial charge in [0.05, 0.1) is 17.2 Å². The van der Waals surface area contributed by atoms with Crippen molar-refractivity contribution < 1.29 is 9.90 Å². The first-order valence-electron chi connectivity index (χ1n) is 4.95. The van der Waals surface area contributed by atoms with E-state index in [0.717, 1.165) is 0 Å². The van der Waals surface area contributed by atoms with E-state index in [1.165, 1.54) is 0 Å². The summed E-state index contributed by atoms with van der Waals surface area (Å²) in [6.45, 7) is 5.16. The summed E-state index contributed by atoms with van der Waals surface area (Å²) in [5.74, 6) is -0.258. The van der Waals surface area contributed by atoms with Crippen LogP contribution in [0.3, 0.4) is 0 Å². The van der Waals surface area contributed by atoms with Crippen LogP contribution in [-0.2, 0) is 0 Å². The zero-order chi connectivity index (χ0) is 12.3. The second kappa shape index (κ2) is 4.93. The van der Waals surface area contributed by atoms with Gasteiger partial charge in [0.15, 0.2) is 0 Å². The number of aliphatic hydroxyl groups excluding tert-OH is 1. The molecule has 1 amide bonds. The topological polar surface area (TPSA) is 62.2 Å². The highest BCUT2D eigenvalue weighted by molar-refractivity contribution is 9.10. The first-order chi connectivity index (χ1) is 7.34. The van der Waals surface area contributed by atoms with Crippen molar-refractivity contribution in [2.24, 2.45) is 0 Å². The lowest BCUT2D eigenvalue weighted by molar-refractivity contribution is 0.0708. The van der Waals surface area contributed by atoms with Gasteiger partial charge in [0, 0.05) is 6.20 Å². The lowest BCUT2D eigenvalue weighted by atomic mass is 9.98. The van der Waals surface area contributed by atoms with Crippen LogP contribution >= 0.6 is 15.9 Å². The van der Waals surface area contributed by atoms with Crippen molar-refractivity contribution in [3.63, 3.8) is 0 Å². The van der Waals surface area contributed by atoms with Crippen molar-refractivity contribution in [1.29, 1.82) is 0 Å². The zero-order valence-electron chi connectivity index (χ0n) is 9.49. The molecule has 0 aliphatic carbocycles. The molecule has 1 unspecified atom stereocenters. The van der Waals surface area contributed by atoms with Crippen LogP contribution in [0.1, 0.15) is 31.1 Å². The SMILES string of the molecule is CC(O)C(C)(C)NC(=O)c1cccnc1Br. The minimum absolute atomic E-state index is 0.258. The lowest BCUT2D eigenvalue weighted by Crippen LogP contribution is -2.51. The fourth-order valence-electron chi connectivity index (χ4n) is 1.02. The summed E-state index contributed by atoms with van der Waals surface area (Å²) in [6.07, 6.45) is 0.965. The third kappa shape index (κ3) is 3.02. The summed E-state index contributed by atoms with van der Waals surface area (Å²) in [6, 6.07) is 3.36. The third-order valence-electron chi connectivity index (χ3n) is 2.48. The molecule has 16 heavy (non-hydrogen) atoms. The van der Waals surface area contributed by atoms with Gasteiger partial charge in [-0.3, -0.25) is 4.79 Å². The van der Waals surface area contributed by atoms with E-state index in [4.69, 9.17) is 0 Å². The van der Waals surface area contributed by atoms with Gasteiger partial charge in [-0.25, -0.2) is 4.98 Å². The molecule has 0 fully saturated rings. The van der Waals surface area contributed by atoms with Crippen LogP contribution in [0.25, 0.3) is 0 Å². The number of aromatic nitrogens is 1. The van der Waals surface area contributed by atoms with Crippen LogP contribution in [0.15, 0.2) is 22.9 Å². The zero-order valence-corrected chi connectivity index (χ0v) is 11.1. The van der Waals surface area contributed by atoms with E-state index < -0.39 is 11.6 Å². The maximum atomic E-state index is 11.9. The molecule has 0 aliphatic heterocycles. The molecular weight excluding hydrogens is 272 g/mol. The molecule has 88 valence electrons. The summed E-state index contributed by atoms with van der Waals surface area (Å²) in [5.41, 5.74) is -0.219. The largest absolute Gasteiger partial charge is 0.391 e. The fraction of sp³-hybridized carbons (Fsp3) is 0.455. The average molecular weight is 287 g/mol. The maximum Gasteiger partial charge on any atom is 0.254 e. The molecule has 1 rings (SSSR count). The summed E-state index contributed by atoms with van der Waals surface area (Å²) < 4.78 is 0.494. The van der Waals surface area contributed by atoms with Crippen molar-refractivity contribution in [2.75, 3.05) is 0 Å². The molecule has 1 aromatic heterocycles. The Morgan fingerprint density at radius 1 is 1.62 bits per heavy atom. The van der Waals surface area contributed by atoms with Crippen LogP contribution in [0.2, 0.25) is 0 Å². The number of rotatable bonds is 3. The Labute approximate surface area is 103 Å². The first-order valence-corrected chi connectivity index (χ1v) is 5.75. The van der Waals surface area contributed by atoms with Crippen molar-refractivity contribution in [1.82, 2.24) is 10.3 Å². The molecular formula is C11H15BrN2O2. The highest BCUT2D eigenvalue weighted by Crippen LogP contribution is 2.15. The molecule has 4 nitrogen and oxygen atoms in total. The molecule has 0 saturated heterocycles. The Morgan fingerprint density at radius 3 is 2.75 bits per heavy atom. The van der Waals surface area contributed by atoms with Crippen LogP contribution in [0, 0.1) is 0 Å². The standard InChI is InChI=1S/C11H15BrN2O2/c1-7(15)11(2,3)14-10(16)8-5-4-6-13-9(8)12/h4-7,15H,1-3H3,(H,14,16). The van der Waals surface area contributed by atoms with Gasteiger partial charge >= 0.3 is 0 Å². The number of carbonyl (C=O) groups is 1. The molecule has 0 bridgehead atoms. The number of hydrogen-bond acceptors (Lipinski definition) is 3. The highest BCUT2D eigenvalue weighted by Gasteiger charge is 2.27. The lowest BCUT2D eigenvalue weighted by Gasteiger charge is -2.29. The van der Waals surface area contributed by atoms with E-state index in [2.05, 4.69) is 26.2 Å². The van der Waals surface area contributed by atoms with Gasteiger partial charge in [0.25, 0.3) is 5.91 Å². The monoisotopic (exact) mass is 286 g/mol. The van der Waals surface area contributed by atoms with Crippen molar-refractivity contribution in [3.05, 3.63) is 28.5 Å². The van der Waals surface area contributed by atoms with E-state index in [1.54, 1.807) is 39.1 Å². The molecule has 0 aromatic carbocycles. The maximum absolute atomic E-state index is 11.9. The van der Waals surface area contributed by atoms with E-state index in [0.29, 0.717) is 10.2 Å². The molecule has 0 saturated carbocycles. The Hall–Kier alpha value is -0.940. The number of amides is 1. The molecule has 5 heteroatoms. The quantitative estimate of drug-likeness (QED) is 0.832. The van der Waals surface area contributed by atoms with Gasteiger partial charge in [-0.1, -0.05) is 0 Å². The van der Waals surface area contributed by atoms with E-state index >= 15 is 0 Å². The summed E-state index contributed by atoms with van der Waals surface area (Å²) >= 11 is 3.21. The molecule has 0 radical (unpaired) electrons.